The molecule has 0 N–H and O–H groups in total. The second-order valence-corrected chi connectivity index (χ2v) is 0.289. The third kappa shape index (κ3) is 284. The average Bonchev–Trinajstić information content (AvgIpc) is 0.918. The van der Waals surface area contributed by atoms with E-state index < -0.39 is 0 Å². The predicted molar refractivity (Wildman–Crippen MR) is 34.1 cm³/mol. The van der Waals surface area contributed by atoms with Crippen LogP contribution in [0.1, 0.15) is 0 Å². The van der Waals surface area contributed by atoms with Crippen molar-refractivity contribution in [2.24, 2.45) is 0 Å². The number of allylic oxidation sites excluding steroid dienone is 1. The fourth-order valence-corrected chi connectivity index (χ4v) is 0. The molecule has 0 rings (SSSR count). The van der Waals surface area contributed by atoms with Crippen LogP contribution in [0, 0.1) is 21.8 Å². The summed E-state index contributed by atoms with van der Waals surface area (Å²) >= 11 is 0. The van der Waals surface area contributed by atoms with Crippen molar-refractivity contribution in [3.05, 3.63) is 34.4 Å². The van der Waals surface area contributed by atoms with Gasteiger partial charge in [0, 0.05) is 18.9 Å². The zero-order chi connectivity index (χ0) is 2.71. The Hall–Kier alpha value is 0.727. The van der Waals surface area contributed by atoms with Crippen LogP contribution in [-0.2, 0) is 17.1 Å². The molecule has 2 heteroatoms. The monoisotopic (exact) mass is 133 g/mol. The van der Waals surface area contributed by atoms with Gasteiger partial charge in [-0.05, 0) is 0 Å². The molecular weight excluding hydrogens is 122 g/mol. The van der Waals surface area contributed by atoms with E-state index in [1.807, 2.05) is 0 Å². The molecule has 39 valence electrons. The molecule has 0 aromatic carbocycles. The van der Waals surface area contributed by atoms with Gasteiger partial charge in [0.1, 0.15) is 0 Å². The minimum absolute atomic E-state index is 0. The largest absolute Gasteiger partial charge is 3.00 e. The first kappa shape index (κ1) is 47.0. The van der Waals surface area contributed by atoms with Gasteiger partial charge in [0.2, 0.25) is 0 Å². The van der Waals surface area contributed by atoms with Crippen molar-refractivity contribution in [3.8, 4) is 0 Å². The molecule has 0 spiro atoms. The fraction of sp³-hybridized carbons (Fsp3) is 0. The van der Waals surface area contributed by atoms with Gasteiger partial charge >= 0.3 is 17.1 Å². The van der Waals surface area contributed by atoms with Crippen LogP contribution in [0.15, 0.2) is 12.7 Å². The maximum absolute atomic E-state index is 3.25. The Labute approximate surface area is 70.4 Å². The van der Waals surface area contributed by atoms with E-state index in [0.717, 1.165) is 0 Å². The third-order valence-corrected chi connectivity index (χ3v) is 0. The maximum Gasteiger partial charge on any atom is 3.00 e. The van der Waals surface area contributed by atoms with Crippen LogP contribution < -0.4 is 0 Å². The Balaban J connectivity index is -0.00000000333. The molecule has 0 saturated carbocycles. The van der Waals surface area contributed by atoms with Crippen molar-refractivity contribution in [3.63, 3.8) is 0 Å². The number of hydrogen-bond donors (Lipinski definition) is 0. The Morgan fingerprint density at radius 3 is 1.29 bits per heavy atom. The van der Waals surface area contributed by atoms with Gasteiger partial charge in [-0.15, -0.1) is 0 Å². The first-order valence-corrected chi connectivity index (χ1v) is 0.816. The molecule has 0 aliphatic rings. The molecule has 1 radical (unpaired) electrons. The van der Waals surface area contributed by atoms with E-state index in [0.29, 0.717) is 0 Å². The average molecular weight is 133 g/mol. The van der Waals surface area contributed by atoms with Crippen LogP contribution in [0.25, 0.3) is 0 Å². The molecule has 0 aromatic heterocycles. The SMILES string of the molecule is C=C[CH2-].[CH3-].[CH3-].[Li].[Mn+3]. The van der Waals surface area contributed by atoms with E-state index in [1.54, 1.807) is 0 Å². The molecule has 0 atom stereocenters. The van der Waals surface area contributed by atoms with Crippen molar-refractivity contribution in [2.75, 3.05) is 0 Å². The Morgan fingerprint density at radius 1 is 1.29 bits per heavy atom. The first-order chi connectivity index (χ1) is 1.41. The van der Waals surface area contributed by atoms with Gasteiger partial charge in [-0.2, -0.15) is 0 Å². The second kappa shape index (κ2) is 74.0. The summed E-state index contributed by atoms with van der Waals surface area (Å²) in [4.78, 5) is 0. The van der Waals surface area contributed by atoms with E-state index >= 15 is 0 Å². The summed E-state index contributed by atoms with van der Waals surface area (Å²) in [7, 11) is 0. The van der Waals surface area contributed by atoms with Gasteiger partial charge in [-0.3, -0.25) is 0 Å². The van der Waals surface area contributed by atoms with Crippen molar-refractivity contribution in [1.29, 1.82) is 0 Å². The molecule has 0 fully saturated rings. The predicted octanol–water partition coefficient (Wildman–Crippen LogP) is 1.52. The molecule has 0 aliphatic carbocycles. The van der Waals surface area contributed by atoms with E-state index in [4.69, 9.17) is 0 Å². The maximum atomic E-state index is 3.25. The zero-order valence-electron chi connectivity index (χ0n) is 5.37. The van der Waals surface area contributed by atoms with Crippen LogP contribution in [0.2, 0.25) is 0 Å². The second-order valence-electron chi connectivity index (χ2n) is 0.289. The first-order valence-electron chi connectivity index (χ1n) is 0.816. The Kier molecular flexibility index (Phi) is 497. The van der Waals surface area contributed by atoms with Crippen LogP contribution >= 0.6 is 0 Å². The Morgan fingerprint density at radius 2 is 1.29 bits per heavy atom. The quantitative estimate of drug-likeness (QED) is 0.347. The minimum atomic E-state index is 0. The van der Waals surface area contributed by atoms with Crippen molar-refractivity contribution >= 4 is 18.9 Å². The third-order valence-electron chi connectivity index (χ3n) is 0. The summed E-state index contributed by atoms with van der Waals surface area (Å²) in [6.45, 7) is 6.50. The molecule has 0 heterocycles. The van der Waals surface area contributed by atoms with Crippen LogP contribution in [0.3, 0.4) is 0 Å². The summed E-state index contributed by atoms with van der Waals surface area (Å²) in [5.74, 6) is 0. The summed E-state index contributed by atoms with van der Waals surface area (Å²) in [5, 5.41) is 0. The zero-order valence-corrected chi connectivity index (χ0v) is 6.55. The summed E-state index contributed by atoms with van der Waals surface area (Å²) < 4.78 is 0. The van der Waals surface area contributed by atoms with Crippen molar-refractivity contribution < 1.29 is 17.1 Å². The molecule has 0 saturated heterocycles. The molecule has 0 aromatic rings. The van der Waals surface area contributed by atoms with Crippen LogP contribution in [0.4, 0.5) is 0 Å². The molecule has 0 bridgehead atoms. The van der Waals surface area contributed by atoms with E-state index in [-0.39, 0.29) is 50.8 Å². The summed E-state index contributed by atoms with van der Waals surface area (Å²) in [5.41, 5.74) is 0. The van der Waals surface area contributed by atoms with Gasteiger partial charge in [0.25, 0.3) is 0 Å². The van der Waals surface area contributed by atoms with Crippen LogP contribution in [-0.4, -0.2) is 18.9 Å². The normalized spacial score (nSPS) is 1.71. The standard InChI is InChI=1S/C3H5.2CH3.Li.Mn/c1-3-2;;;;/h3H,1-2H2;2*1H3;;/q3*-1;;+3. The van der Waals surface area contributed by atoms with Crippen molar-refractivity contribution in [1.82, 2.24) is 0 Å². The van der Waals surface area contributed by atoms with Gasteiger partial charge in [-0.1, -0.05) is 0 Å². The molecule has 0 amide bonds. The molecule has 0 aliphatic heterocycles. The number of hydrogen-bond acceptors (Lipinski definition) is 0. The van der Waals surface area contributed by atoms with Gasteiger partial charge < -0.3 is 14.9 Å². The van der Waals surface area contributed by atoms with E-state index in [9.17, 15) is 0 Å². The molecule has 7 heavy (non-hydrogen) atoms. The topological polar surface area (TPSA) is 0 Å². The number of rotatable bonds is 0. The van der Waals surface area contributed by atoms with Crippen molar-refractivity contribution in [2.45, 2.75) is 0 Å². The van der Waals surface area contributed by atoms with Gasteiger partial charge in [0.05, 0.1) is 0 Å². The van der Waals surface area contributed by atoms with Crippen LogP contribution in [0.5, 0.6) is 0 Å². The summed E-state index contributed by atoms with van der Waals surface area (Å²) in [6, 6.07) is 0. The fourth-order valence-electron chi connectivity index (χ4n) is 0. The van der Waals surface area contributed by atoms with Gasteiger partial charge in [-0.25, -0.2) is 19.6 Å². The Bertz CT molecular complexity index is 15.6. The molecule has 0 unspecified atom stereocenters. The molecular formula is C5H11LiMn. The molecule has 0 nitrogen and oxygen atoms in total. The summed E-state index contributed by atoms with van der Waals surface area (Å²) in [6.07, 6.45) is 1.50. The smallest absolute Gasteiger partial charge is 0.358 e. The van der Waals surface area contributed by atoms with Gasteiger partial charge in [0.15, 0.2) is 0 Å². The van der Waals surface area contributed by atoms with E-state index in [1.165, 1.54) is 6.08 Å². The minimum Gasteiger partial charge on any atom is -0.358 e. The van der Waals surface area contributed by atoms with E-state index in [2.05, 4.69) is 13.5 Å².